The van der Waals surface area contributed by atoms with Crippen molar-refractivity contribution < 1.29 is 0 Å². The zero-order valence-electron chi connectivity index (χ0n) is 7.16. The Bertz CT molecular complexity index is 130. The minimum Gasteiger partial charge on any atom is -0.330 e. The Kier molecular flexibility index (Phi) is 5.50. The molecule has 0 aromatic heterocycles. The summed E-state index contributed by atoms with van der Waals surface area (Å²) >= 11 is 0. The van der Waals surface area contributed by atoms with E-state index in [1.807, 2.05) is 0 Å². The molecule has 2 aliphatic rings. The fraction of sp³-hybridized carbons (Fsp3) is 1.00. The minimum atomic E-state index is 0. The maximum atomic E-state index is 5.66. The van der Waals surface area contributed by atoms with Crippen LogP contribution in [-0.2, 0) is 0 Å². The molecule has 0 amide bonds. The fourth-order valence-electron chi connectivity index (χ4n) is 2.30. The number of rotatable bonds is 1. The topological polar surface area (TPSA) is 38.0 Å². The van der Waals surface area contributed by atoms with Gasteiger partial charge in [-0.25, -0.2) is 0 Å². The summed E-state index contributed by atoms with van der Waals surface area (Å²) in [7, 11) is 0. The van der Waals surface area contributed by atoms with Gasteiger partial charge in [-0.05, 0) is 44.2 Å². The summed E-state index contributed by atoms with van der Waals surface area (Å²) in [4.78, 5) is 0. The van der Waals surface area contributed by atoms with Gasteiger partial charge in [0.2, 0.25) is 0 Å². The van der Waals surface area contributed by atoms with Crippen molar-refractivity contribution in [3.05, 3.63) is 0 Å². The highest BCUT2D eigenvalue weighted by Gasteiger charge is 2.38. The van der Waals surface area contributed by atoms with Gasteiger partial charge in [-0.3, -0.25) is 0 Å². The van der Waals surface area contributed by atoms with Crippen LogP contribution in [0.3, 0.4) is 0 Å². The molecule has 1 aliphatic carbocycles. The van der Waals surface area contributed by atoms with Gasteiger partial charge in [0.25, 0.3) is 0 Å². The standard InChI is InChI=1S/C8H16N2.2ClH/c9-5-6-3-4-10-8-2-1-7(6)8;;/h6-8,10H,1-5,9H2;2*1H. The Balaban J connectivity index is 0.000000605. The highest BCUT2D eigenvalue weighted by molar-refractivity contribution is 5.85. The van der Waals surface area contributed by atoms with Crippen LogP contribution in [0, 0.1) is 11.8 Å². The molecule has 0 radical (unpaired) electrons. The van der Waals surface area contributed by atoms with Gasteiger partial charge in [-0.2, -0.15) is 0 Å². The van der Waals surface area contributed by atoms with Crippen LogP contribution in [0.4, 0.5) is 0 Å². The van der Waals surface area contributed by atoms with Gasteiger partial charge in [0.1, 0.15) is 0 Å². The third-order valence-electron chi connectivity index (χ3n) is 3.16. The Hall–Kier alpha value is 0.500. The second-order valence-electron chi connectivity index (χ2n) is 3.59. The lowest BCUT2D eigenvalue weighted by atomic mass is 9.68. The first-order chi connectivity index (χ1) is 4.92. The second kappa shape index (κ2) is 5.28. The maximum absolute atomic E-state index is 5.66. The maximum Gasteiger partial charge on any atom is 0.00985 e. The molecule has 2 nitrogen and oxygen atoms in total. The highest BCUT2D eigenvalue weighted by atomic mass is 35.5. The van der Waals surface area contributed by atoms with Crippen molar-refractivity contribution >= 4 is 24.8 Å². The van der Waals surface area contributed by atoms with E-state index in [4.69, 9.17) is 5.73 Å². The van der Waals surface area contributed by atoms with Gasteiger partial charge in [0, 0.05) is 6.04 Å². The van der Waals surface area contributed by atoms with Gasteiger partial charge in [-0.15, -0.1) is 24.8 Å². The molecular weight excluding hydrogens is 195 g/mol. The molecule has 0 bridgehead atoms. The molecule has 1 heterocycles. The van der Waals surface area contributed by atoms with Gasteiger partial charge in [0.05, 0.1) is 0 Å². The molecule has 3 N–H and O–H groups in total. The fourth-order valence-corrected chi connectivity index (χ4v) is 2.30. The molecule has 12 heavy (non-hydrogen) atoms. The van der Waals surface area contributed by atoms with Gasteiger partial charge in [-0.1, -0.05) is 0 Å². The zero-order valence-corrected chi connectivity index (χ0v) is 8.79. The Morgan fingerprint density at radius 2 is 1.92 bits per heavy atom. The van der Waals surface area contributed by atoms with Crippen molar-refractivity contribution in [1.29, 1.82) is 0 Å². The van der Waals surface area contributed by atoms with Crippen molar-refractivity contribution in [3.8, 4) is 0 Å². The van der Waals surface area contributed by atoms with Crippen LogP contribution in [0.5, 0.6) is 0 Å². The largest absolute Gasteiger partial charge is 0.330 e. The molecule has 0 aromatic rings. The Morgan fingerprint density at radius 3 is 2.33 bits per heavy atom. The number of nitrogens with two attached hydrogens (primary N) is 1. The SMILES string of the molecule is Cl.Cl.NCC1CCNC2CCC12. The summed E-state index contributed by atoms with van der Waals surface area (Å²) < 4.78 is 0. The predicted octanol–water partition coefficient (Wildman–Crippen LogP) is 1.18. The van der Waals surface area contributed by atoms with Crippen molar-refractivity contribution in [2.24, 2.45) is 17.6 Å². The summed E-state index contributed by atoms with van der Waals surface area (Å²) in [5, 5.41) is 3.53. The van der Waals surface area contributed by atoms with Crippen molar-refractivity contribution in [2.45, 2.75) is 25.3 Å². The van der Waals surface area contributed by atoms with Crippen molar-refractivity contribution in [3.63, 3.8) is 0 Å². The van der Waals surface area contributed by atoms with Crippen LogP contribution in [0.15, 0.2) is 0 Å². The molecule has 0 aromatic carbocycles. The first-order valence-corrected chi connectivity index (χ1v) is 4.35. The summed E-state index contributed by atoms with van der Waals surface area (Å²) in [6, 6.07) is 0.835. The van der Waals surface area contributed by atoms with Crippen LogP contribution in [0.2, 0.25) is 0 Å². The Morgan fingerprint density at radius 1 is 1.17 bits per heavy atom. The molecule has 74 valence electrons. The molecule has 1 aliphatic heterocycles. The molecule has 4 heteroatoms. The lowest BCUT2D eigenvalue weighted by molar-refractivity contribution is 0.0972. The monoisotopic (exact) mass is 212 g/mol. The molecule has 0 spiro atoms. The van der Waals surface area contributed by atoms with Gasteiger partial charge >= 0.3 is 0 Å². The summed E-state index contributed by atoms with van der Waals surface area (Å²) in [6.07, 6.45) is 4.11. The summed E-state index contributed by atoms with van der Waals surface area (Å²) in [5.41, 5.74) is 5.66. The number of hydrogen-bond donors (Lipinski definition) is 2. The lowest BCUT2D eigenvalue weighted by Crippen LogP contribution is -2.53. The smallest absolute Gasteiger partial charge is 0.00985 e. The third kappa shape index (κ3) is 2.05. The summed E-state index contributed by atoms with van der Waals surface area (Å²) in [5.74, 6) is 1.76. The Labute approximate surface area is 86.5 Å². The first-order valence-electron chi connectivity index (χ1n) is 4.35. The van der Waals surface area contributed by atoms with Crippen LogP contribution in [-0.4, -0.2) is 19.1 Å². The van der Waals surface area contributed by atoms with E-state index in [9.17, 15) is 0 Å². The van der Waals surface area contributed by atoms with E-state index in [-0.39, 0.29) is 24.8 Å². The molecule has 2 rings (SSSR count). The second-order valence-corrected chi connectivity index (χ2v) is 3.59. The van der Waals surface area contributed by atoms with Crippen LogP contribution in [0.25, 0.3) is 0 Å². The number of fused-ring (bicyclic) bond motifs is 1. The lowest BCUT2D eigenvalue weighted by Gasteiger charge is -2.46. The number of piperidine rings is 1. The molecule has 1 saturated carbocycles. The van der Waals surface area contributed by atoms with E-state index in [0.717, 1.165) is 24.4 Å². The molecule has 3 atom stereocenters. The van der Waals surface area contributed by atoms with E-state index in [0.29, 0.717) is 0 Å². The number of nitrogens with one attached hydrogen (secondary N) is 1. The van der Waals surface area contributed by atoms with E-state index in [2.05, 4.69) is 5.32 Å². The van der Waals surface area contributed by atoms with Gasteiger partial charge < -0.3 is 11.1 Å². The van der Waals surface area contributed by atoms with E-state index < -0.39 is 0 Å². The quantitative estimate of drug-likeness (QED) is 0.686. The third-order valence-corrected chi connectivity index (χ3v) is 3.16. The van der Waals surface area contributed by atoms with E-state index >= 15 is 0 Å². The average Bonchev–Trinajstić information content (AvgIpc) is 1.91. The van der Waals surface area contributed by atoms with Crippen LogP contribution < -0.4 is 11.1 Å². The van der Waals surface area contributed by atoms with Gasteiger partial charge in [0.15, 0.2) is 0 Å². The van der Waals surface area contributed by atoms with Crippen LogP contribution >= 0.6 is 24.8 Å². The van der Waals surface area contributed by atoms with Crippen LogP contribution in [0.1, 0.15) is 19.3 Å². The van der Waals surface area contributed by atoms with Crippen molar-refractivity contribution in [1.82, 2.24) is 5.32 Å². The predicted molar refractivity (Wildman–Crippen MR) is 56.2 cm³/mol. The highest BCUT2D eigenvalue weighted by Crippen LogP contribution is 2.37. The molecule has 2 fully saturated rings. The average molecular weight is 213 g/mol. The number of hydrogen-bond acceptors (Lipinski definition) is 2. The molecular formula is C8H18Cl2N2. The molecule has 1 saturated heterocycles. The van der Waals surface area contributed by atoms with E-state index in [1.54, 1.807) is 0 Å². The number of halogens is 2. The van der Waals surface area contributed by atoms with E-state index in [1.165, 1.54) is 25.8 Å². The first kappa shape index (κ1) is 12.5. The van der Waals surface area contributed by atoms with Crippen molar-refractivity contribution in [2.75, 3.05) is 13.1 Å². The minimum absolute atomic E-state index is 0. The zero-order chi connectivity index (χ0) is 6.97. The summed E-state index contributed by atoms with van der Waals surface area (Å²) in [6.45, 7) is 2.10. The molecule has 3 unspecified atom stereocenters. The normalized spacial score (nSPS) is 38.2.